The van der Waals surface area contributed by atoms with Crippen LogP contribution in [0.2, 0.25) is 0 Å². The van der Waals surface area contributed by atoms with E-state index in [1.807, 2.05) is 54.6 Å². The normalized spacial score (nSPS) is 20.1. The first-order valence-electron chi connectivity index (χ1n) is 14.3. The first-order chi connectivity index (χ1) is 20.6. The molecule has 0 aliphatic carbocycles. The average molecular weight is 571 g/mol. The molecule has 3 aliphatic rings. The summed E-state index contributed by atoms with van der Waals surface area (Å²) in [6.07, 6.45) is 0.678. The number of hydrogen-bond donors (Lipinski definition) is 1. The Hall–Kier alpha value is -4.34. The van der Waals surface area contributed by atoms with Crippen LogP contribution in [0.4, 0.5) is 0 Å². The Balaban J connectivity index is 1.32. The predicted octanol–water partition coefficient (Wildman–Crippen LogP) is 4.18. The molecule has 0 bridgehead atoms. The minimum absolute atomic E-state index is 0.0447. The molecule has 6 rings (SSSR count). The van der Waals surface area contributed by atoms with Crippen molar-refractivity contribution >= 4 is 17.4 Å². The molecule has 3 heterocycles. The van der Waals surface area contributed by atoms with Crippen LogP contribution in [0.5, 0.6) is 17.2 Å². The Morgan fingerprint density at radius 3 is 2.45 bits per heavy atom. The smallest absolute Gasteiger partial charge is 0.295 e. The third kappa shape index (κ3) is 5.98. The van der Waals surface area contributed by atoms with Crippen LogP contribution in [0.1, 0.15) is 29.2 Å². The van der Waals surface area contributed by atoms with Crippen LogP contribution in [0.3, 0.4) is 0 Å². The fraction of sp³-hybridized carbons (Fsp3) is 0.333. The largest absolute Gasteiger partial charge is 0.507 e. The summed E-state index contributed by atoms with van der Waals surface area (Å²) < 4.78 is 22.8. The third-order valence-electron chi connectivity index (χ3n) is 7.75. The highest BCUT2D eigenvalue weighted by Crippen LogP contribution is 2.42. The van der Waals surface area contributed by atoms with Crippen molar-refractivity contribution in [1.29, 1.82) is 0 Å². The van der Waals surface area contributed by atoms with Gasteiger partial charge in [-0.15, -0.1) is 0 Å². The molecule has 2 saturated heterocycles. The van der Waals surface area contributed by atoms with Gasteiger partial charge in [-0.25, -0.2) is 0 Å². The van der Waals surface area contributed by atoms with E-state index in [9.17, 15) is 14.7 Å². The lowest BCUT2D eigenvalue weighted by Crippen LogP contribution is -2.38. The van der Waals surface area contributed by atoms with Gasteiger partial charge < -0.3 is 29.0 Å². The Bertz CT molecular complexity index is 1470. The van der Waals surface area contributed by atoms with E-state index in [1.165, 1.54) is 0 Å². The fourth-order valence-electron chi connectivity index (χ4n) is 5.61. The molecule has 0 aromatic heterocycles. The van der Waals surface area contributed by atoms with Gasteiger partial charge in [0.2, 0.25) is 0 Å². The summed E-state index contributed by atoms with van der Waals surface area (Å²) in [6.45, 7) is 5.41. The number of aliphatic hydroxyl groups excluding tert-OH is 1. The monoisotopic (exact) mass is 570 g/mol. The van der Waals surface area contributed by atoms with E-state index in [-0.39, 0.29) is 11.3 Å². The highest BCUT2D eigenvalue weighted by molar-refractivity contribution is 6.46. The Morgan fingerprint density at radius 1 is 0.857 bits per heavy atom. The van der Waals surface area contributed by atoms with Gasteiger partial charge in [-0.05, 0) is 47.9 Å². The Labute approximate surface area is 244 Å². The van der Waals surface area contributed by atoms with Crippen LogP contribution < -0.4 is 14.2 Å². The van der Waals surface area contributed by atoms with E-state index < -0.39 is 17.7 Å². The van der Waals surface area contributed by atoms with Crippen LogP contribution in [0.25, 0.3) is 5.76 Å². The second kappa shape index (κ2) is 12.7. The molecule has 3 aromatic carbocycles. The van der Waals surface area contributed by atoms with Crippen molar-refractivity contribution in [3.05, 3.63) is 95.1 Å². The minimum Gasteiger partial charge on any atom is -0.507 e. The quantitative estimate of drug-likeness (QED) is 0.233. The Kier molecular flexibility index (Phi) is 8.39. The summed E-state index contributed by atoms with van der Waals surface area (Å²) in [5.74, 6) is 0.0707. The van der Waals surface area contributed by atoms with E-state index >= 15 is 0 Å². The molecule has 42 heavy (non-hydrogen) atoms. The maximum Gasteiger partial charge on any atom is 0.295 e. The van der Waals surface area contributed by atoms with Gasteiger partial charge in [-0.1, -0.05) is 42.5 Å². The van der Waals surface area contributed by atoms with Crippen molar-refractivity contribution in [2.45, 2.75) is 19.1 Å². The zero-order valence-electron chi connectivity index (χ0n) is 23.4. The zero-order chi connectivity index (χ0) is 28.9. The standard InChI is InChI=1S/C33H34N2O7/c36-31(25-10-11-27-28(21-25)41-19-18-40-27)29-30(24-8-4-9-26(20-24)42-22-23-6-2-1-3-7-23)35(33(38)32(29)37)13-5-12-34-14-16-39-17-15-34/h1-4,6-11,20-21,30,36H,5,12-19,22H2/b31-29+/t30-/m0/s1. The SMILES string of the molecule is O=C1C(=O)N(CCCN2CCOCC2)[C@@H](c2cccc(OCc3ccccc3)c2)/C1=C(\O)c1ccc2c(c1)OCCO2. The van der Waals surface area contributed by atoms with Crippen LogP contribution in [-0.2, 0) is 20.9 Å². The summed E-state index contributed by atoms with van der Waals surface area (Å²) in [4.78, 5) is 30.9. The number of Topliss-reactive ketones (excluding diaryl/α,β-unsaturated/α-hetero) is 1. The molecule has 0 saturated carbocycles. The van der Waals surface area contributed by atoms with Crippen molar-refractivity contribution in [1.82, 2.24) is 9.80 Å². The van der Waals surface area contributed by atoms with E-state index in [0.717, 1.165) is 25.2 Å². The second-order valence-electron chi connectivity index (χ2n) is 10.5. The van der Waals surface area contributed by atoms with E-state index in [2.05, 4.69) is 4.90 Å². The summed E-state index contributed by atoms with van der Waals surface area (Å²) in [6, 6.07) is 21.5. The number of rotatable bonds is 9. The van der Waals surface area contributed by atoms with Crippen LogP contribution in [0.15, 0.2) is 78.4 Å². The van der Waals surface area contributed by atoms with Gasteiger partial charge in [0.1, 0.15) is 31.3 Å². The summed E-state index contributed by atoms with van der Waals surface area (Å²) >= 11 is 0. The fourth-order valence-corrected chi connectivity index (χ4v) is 5.61. The first-order valence-corrected chi connectivity index (χ1v) is 14.3. The number of fused-ring (bicyclic) bond motifs is 1. The molecular formula is C33H34N2O7. The van der Waals surface area contributed by atoms with Crippen molar-refractivity contribution in [2.24, 2.45) is 0 Å². The van der Waals surface area contributed by atoms with Gasteiger partial charge in [0.15, 0.2) is 11.5 Å². The number of ether oxygens (including phenoxy) is 4. The third-order valence-corrected chi connectivity index (χ3v) is 7.75. The topological polar surface area (TPSA) is 97.8 Å². The number of aliphatic hydroxyl groups is 1. The summed E-state index contributed by atoms with van der Waals surface area (Å²) in [5, 5.41) is 11.5. The highest BCUT2D eigenvalue weighted by Gasteiger charge is 2.46. The number of likely N-dealkylation sites (tertiary alicyclic amines) is 1. The maximum atomic E-state index is 13.5. The number of carbonyl (C=O) groups is 2. The maximum absolute atomic E-state index is 13.5. The number of carbonyl (C=O) groups excluding carboxylic acids is 2. The molecule has 9 heteroatoms. The zero-order valence-corrected chi connectivity index (χ0v) is 23.4. The van der Waals surface area contributed by atoms with Gasteiger partial charge in [-0.3, -0.25) is 14.5 Å². The molecule has 1 N–H and O–H groups in total. The lowest BCUT2D eigenvalue weighted by atomic mass is 9.95. The number of nitrogens with zero attached hydrogens (tertiary/aromatic N) is 2. The summed E-state index contributed by atoms with van der Waals surface area (Å²) in [5.41, 5.74) is 2.14. The average Bonchev–Trinajstić information content (AvgIpc) is 3.29. The predicted molar refractivity (Wildman–Crippen MR) is 156 cm³/mol. The van der Waals surface area contributed by atoms with Crippen LogP contribution in [-0.4, -0.2) is 79.2 Å². The number of morpholine rings is 1. The molecule has 2 fully saturated rings. The van der Waals surface area contributed by atoms with E-state index in [1.54, 1.807) is 23.1 Å². The molecular weight excluding hydrogens is 536 g/mol. The first kappa shape index (κ1) is 27.8. The number of benzene rings is 3. The molecule has 0 radical (unpaired) electrons. The van der Waals surface area contributed by atoms with E-state index in [4.69, 9.17) is 18.9 Å². The van der Waals surface area contributed by atoms with Crippen molar-refractivity contribution < 1.29 is 33.6 Å². The molecule has 0 spiro atoms. The van der Waals surface area contributed by atoms with Crippen LogP contribution in [0, 0.1) is 0 Å². The molecule has 0 unspecified atom stereocenters. The van der Waals surface area contributed by atoms with Crippen molar-refractivity contribution in [2.75, 3.05) is 52.6 Å². The molecule has 1 amide bonds. The number of ketones is 1. The van der Waals surface area contributed by atoms with Crippen LogP contribution >= 0.6 is 0 Å². The van der Waals surface area contributed by atoms with Gasteiger partial charge >= 0.3 is 0 Å². The molecule has 1 atom stereocenters. The summed E-state index contributed by atoms with van der Waals surface area (Å²) in [7, 11) is 0. The molecule has 3 aromatic rings. The van der Waals surface area contributed by atoms with Gasteiger partial charge in [-0.2, -0.15) is 0 Å². The molecule has 218 valence electrons. The van der Waals surface area contributed by atoms with Crippen molar-refractivity contribution in [3.8, 4) is 17.2 Å². The highest BCUT2D eigenvalue weighted by atomic mass is 16.6. The minimum atomic E-state index is -0.775. The molecule has 3 aliphatic heterocycles. The van der Waals surface area contributed by atoms with Gasteiger partial charge in [0, 0.05) is 31.7 Å². The lowest BCUT2D eigenvalue weighted by Gasteiger charge is -2.29. The number of amides is 1. The lowest BCUT2D eigenvalue weighted by molar-refractivity contribution is -0.140. The Morgan fingerprint density at radius 2 is 1.64 bits per heavy atom. The van der Waals surface area contributed by atoms with Gasteiger partial charge in [0.05, 0.1) is 24.8 Å². The second-order valence-corrected chi connectivity index (χ2v) is 10.5. The van der Waals surface area contributed by atoms with Crippen molar-refractivity contribution in [3.63, 3.8) is 0 Å². The van der Waals surface area contributed by atoms with E-state index in [0.29, 0.717) is 74.4 Å². The number of hydrogen-bond acceptors (Lipinski definition) is 8. The molecule has 9 nitrogen and oxygen atoms in total. The van der Waals surface area contributed by atoms with Gasteiger partial charge in [0.25, 0.3) is 11.7 Å².